The average Bonchev–Trinajstić information content (AvgIpc) is 3.00. The SMILES string of the molecule is COC(=O)CN(C)C(=O)c1ccc(C2CCCC2)cc1. The second-order valence-corrected chi connectivity index (χ2v) is 5.34. The number of rotatable bonds is 4. The third-order valence-electron chi connectivity index (χ3n) is 3.92. The van der Waals surface area contributed by atoms with Gasteiger partial charge in [-0.15, -0.1) is 0 Å². The van der Waals surface area contributed by atoms with E-state index in [2.05, 4.69) is 4.74 Å². The van der Waals surface area contributed by atoms with Gasteiger partial charge in [-0.25, -0.2) is 0 Å². The van der Waals surface area contributed by atoms with Gasteiger partial charge in [-0.05, 0) is 36.5 Å². The maximum absolute atomic E-state index is 12.1. The molecule has 0 unspecified atom stereocenters. The third kappa shape index (κ3) is 3.38. The van der Waals surface area contributed by atoms with Crippen LogP contribution in [0, 0.1) is 0 Å². The Hall–Kier alpha value is -1.84. The fraction of sp³-hybridized carbons (Fsp3) is 0.500. The Balaban J connectivity index is 2.01. The summed E-state index contributed by atoms with van der Waals surface area (Å²) in [5.41, 5.74) is 1.92. The van der Waals surface area contributed by atoms with E-state index in [-0.39, 0.29) is 12.5 Å². The number of hydrogen-bond acceptors (Lipinski definition) is 3. The maximum Gasteiger partial charge on any atom is 0.325 e. The molecule has 4 nitrogen and oxygen atoms in total. The first kappa shape index (κ1) is 14.6. The number of carbonyl (C=O) groups excluding carboxylic acids is 2. The van der Waals surface area contributed by atoms with Gasteiger partial charge in [0, 0.05) is 12.6 Å². The minimum Gasteiger partial charge on any atom is -0.468 e. The third-order valence-corrected chi connectivity index (χ3v) is 3.92. The van der Waals surface area contributed by atoms with Gasteiger partial charge in [0.1, 0.15) is 6.54 Å². The van der Waals surface area contributed by atoms with E-state index in [1.807, 2.05) is 24.3 Å². The predicted molar refractivity (Wildman–Crippen MR) is 76.6 cm³/mol. The van der Waals surface area contributed by atoms with E-state index in [1.165, 1.54) is 43.3 Å². The smallest absolute Gasteiger partial charge is 0.325 e. The molecule has 1 fully saturated rings. The Morgan fingerprint density at radius 1 is 1.20 bits per heavy atom. The molecule has 1 amide bonds. The molecule has 20 heavy (non-hydrogen) atoms. The lowest BCUT2D eigenvalue weighted by Gasteiger charge is -2.16. The molecule has 0 atom stereocenters. The molecular weight excluding hydrogens is 254 g/mol. The summed E-state index contributed by atoms with van der Waals surface area (Å²) < 4.78 is 4.56. The number of likely N-dealkylation sites (N-methyl/N-ethyl adjacent to an activating group) is 1. The first-order valence-corrected chi connectivity index (χ1v) is 7.04. The summed E-state index contributed by atoms with van der Waals surface area (Å²) in [5.74, 6) is 0.0729. The van der Waals surface area contributed by atoms with Crippen molar-refractivity contribution in [3.8, 4) is 0 Å². The number of esters is 1. The van der Waals surface area contributed by atoms with E-state index in [0.717, 1.165) is 0 Å². The Morgan fingerprint density at radius 3 is 2.35 bits per heavy atom. The van der Waals surface area contributed by atoms with Crippen LogP contribution in [0.25, 0.3) is 0 Å². The molecule has 1 aromatic rings. The van der Waals surface area contributed by atoms with Crippen LogP contribution in [0.1, 0.15) is 47.5 Å². The Labute approximate surface area is 119 Å². The Morgan fingerprint density at radius 2 is 1.80 bits per heavy atom. The van der Waals surface area contributed by atoms with Crippen LogP contribution in [0.3, 0.4) is 0 Å². The van der Waals surface area contributed by atoms with Crippen LogP contribution in [0.15, 0.2) is 24.3 Å². The molecule has 0 bridgehead atoms. The van der Waals surface area contributed by atoms with Gasteiger partial charge in [-0.2, -0.15) is 0 Å². The lowest BCUT2D eigenvalue weighted by atomic mass is 9.96. The fourth-order valence-corrected chi connectivity index (χ4v) is 2.71. The quantitative estimate of drug-likeness (QED) is 0.793. The number of benzene rings is 1. The van der Waals surface area contributed by atoms with Gasteiger partial charge >= 0.3 is 5.97 Å². The van der Waals surface area contributed by atoms with E-state index in [0.29, 0.717) is 11.5 Å². The van der Waals surface area contributed by atoms with Gasteiger partial charge in [-0.3, -0.25) is 9.59 Å². The van der Waals surface area contributed by atoms with Gasteiger partial charge in [0.05, 0.1) is 7.11 Å². The minimum absolute atomic E-state index is 0.0281. The summed E-state index contributed by atoms with van der Waals surface area (Å²) in [6.45, 7) is -0.0281. The molecule has 0 aliphatic heterocycles. The van der Waals surface area contributed by atoms with Crippen molar-refractivity contribution in [2.45, 2.75) is 31.6 Å². The van der Waals surface area contributed by atoms with Crippen LogP contribution >= 0.6 is 0 Å². The maximum atomic E-state index is 12.1. The minimum atomic E-state index is -0.413. The highest BCUT2D eigenvalue weighted by atomic mass is 16.5. The van der Waals surface area contributed by atoms with Gasteiger partial charge in [-0.1, -0.05) is 25.0 Å². The molecule has 1 aliphatic carbocycles. The molecule has 0 radical (unpaired) electrons. The number of ether oxygens (including phenoxy) is 1. The molecule has 0 heterocycles. The molecule has 108 valence electrons. The van der Waals surface area contributed by atoms with Gasteiger partial charge in [0.25, 0.3) is 5.91 Å². The number of carbonyl (C=O) groups is 2. The second kappa shape index (κ2) is 6.55. The Kier molecular flexibility index (Phi) is 4.77. The van der Waals surface area contributed by atoms with E-state index < -0.39 is 5.97 Å². The number of nitrogens with zero attached hydrogens (tertiary/aromatic N) is 1. The monoisotopic (exact) mass is 275 g/mol. The summed E-state index contributed by atoms with van der Waals surface area (Å²) in [6.07, 6.45) is 5.09. The average molecular weight is 275 g/mol. The topological polar surface area (TPSA) is 46.6 Å². The molecule has 0 aromatic heterocycles. The number of hydrogen-bond donors (Lipinski definition) is 0. The molecule has 0 spiro atoms. The number of amides is 1. The molecule has 0 saturated heterocycles. The molecule has 4 heteroatoms. The van der Waals surface area contributed by atoms with Crippen molar-refractivity contribution < 1.29 is 14.3 Å². The van der Waals surface area contributed by atoms with Gasteiger partial charge < -0.3 is 9.64 Å². The molecule has 2 rings (SSSR count). The summed E-state index contributed by atoms with van der Waals surface area (Å²) in [4.78, 5) is 24.7. The summed E-state index contributed by atoms with van der Waals surface area (Å²) in [6, 6.07) is 7.78. The van der Waals surface area contributed by atoms with Crippen molar-refractivity contribution in [3.05, 3.63) is 35.4 Å². The van der Waals surface area contributed by atoms with Gasteiger partial charge in [0.2, 0.25) is 0 Å². The second-order valence-electron chi connectivity index (χ2n) is 5.34. The van der Waals surface area contributed by atoms with E-state index in [4.69, 9.17) is 0 Å². The fourth-order valence-electron chi connectivity index (χ4n) is 2.71. The predicted octanol–water partition coefficient (Wildman–Crippen LogP) is 2.59. The summed E-state index contributed by atoms with van der Waals surface area (Å²) >= 11 is 0. The standard InChI is InChI=1S/C16H21NO3/c1-17(11-15(18)20-2)16(19)14-9-7-13(8-10-14)12-5-3-4-6-12/h7-10,12H,3-6,11H2,1-2H3. The lowest BCUT2D eigenvalue weighted by molar-refractivity contribution is -0.141. The van der Waals surface area contributed by atoms with Crippen molar-refractivity contribution in [1.29, 1.82) is 0 Å². The zero-order chi connectivity index (χ0) is 14.5. The van der Waals surface area contributed by atoms with Crippen LogP contribution < -0.4 is 0 Å². The van der Waals surface area contributed by atoms with Crippen LogP contribution in [0.2, 0.25) is 0 Å². The molecule has 1 saturated carbocycles. The van der Waals surface area contributed by atoms with E-state index >= 15 is 0 Å². The van der Waals surface area contributed by atoms with Crippen LogP contribution in [-0.2, 0) is 9.53 Å². The zero-order valence-corrected chi connectivity index (χ0v) is 12.1. The van der Waals surface area contributed by atoms with Crippen molar-refractivity contribution in [3.63, 3.8) is 0 Å². The molecular formula is C16H21NO3. The van der Waals surface area contributed by atoms with Crippen LogP contribution in [-0.4, -0.2) is 37.5 Å². The highest BCUT2D eigenvalue weighted by Gasteiger charge is 2.18. The lowest BCUT2D eigenvalue weighted by Crippen LogP contribution is -2.32. The largest absolute Gasteiger partial charge is 0.468 e. The molecule has 1 aromatic carbocycles. The normalized spacial score (nSPS) is 15.1. The zero-order valence-electron chi connectivity index (χ0n) is 12.1. The molecule has 0 N–H and O–H groups in total. The van der Waals surface area contributed by atoms with Crippen LogP contribution in [0.5, 0.6) is 0 Å². The van der Waals surface area contributed by atoms with Gasteiger partial charge in [0.15, 0.2) is 0 Å². The number of methoxy groups -OCH3 is 1. The Bertz CT molecular complexity index is 475. The van der Waals surface area contributed by atoms with Crippen molar-refractivity contribution in [1.82, 2.24) is 4.90 Å². The summed E-state index contributed by atoms with van der Waals surface area (Å²) in [7, 11) is 2.92. The van der Waals surface area contributed by atoms with Crippen LogP contribution in [0.4, 0.5) is 0 Å². The van der Waals surface area contributed by atoms with E-state index in [1.54, 1.807) is 7.05 Å². The first-order chi connectivity index (χ1) is 9.61. The van der Waals surface area contributed by atoms with Crippen molar-refractivity contribution >= 4 is 11.9 Å². The van der Waals surface area contributed by atoms with E-state index in [9.17, 15) is 9.59 Å². The van der Waals surface area contributed by atoms with Crippen molar-refractivity contribution in [2.75, 3.05) is 20.7 Å². The first-order valence-electron chi connectivity index (χ1n) is 7.04. The highest BCUT2D eigenvalue weighted by Crippen LogP contribution is 2.33. The van der Waals surface area contributed by atoms with Crippen molar-refractivity contribution in [2.24, 2.45) is 0 Å². The molecule has 1 aliphatic rings. The summed E-state index contributed by atoms with van der Waals surface area (Å²) in [5, 5.41) is 0. The highest BCUT2D eigenvalue weighted by molar-refractivity contribution is 5.95.